The first-order chi connectivity index (χ1) is 13.9. The molecule has 1 amide bonds. The molecule has 0 aromatic heterocycles. The fourth-order valence-electron chi connectivity index (χ4n) is 2.68. The van der Waals surface area contributed by atoms with Crippen LogP contribution in [0.3, 0.4) is 0 Å². The van der Waals surface area contributed by atoms with Crippen molar-refractivity contribution >= 4 is 35.8 Å². The van der Waals surface area contributed by atoms with Crippen LogP contribution in [0.25, 0.3) is 0 Å². The molecule has 2 rings (SSSR count). The van der Waals surface area contributed by atoms with Gasteiger partial charge in [0.2, 0.25) is 0 Å². The van der Waals surface area contributed by atoms with E-state index in [-0.39, 0.29) is 42.3 Å². The molecule has 2 aromatic rings. The highest BCUT2D eigenvalue weighted by molar-refractivity contribution is 14.0. The quantitative estimate of drug-likeness (QED) is 0.314. The zero-order valence-electron chi connectivity index (χ0n) is 17.9. The van der Waals surface area contributed by atoms with Gasteiger partial charge in [0.1, 0.15) is 11.6 Å². The van der Waals surface area contributed by atoms with Gasteiger partial charge in [-0.2, -0.15) is 0 Å². The summed E-state index contributed by atoms with van der Waals surface area (Å²) in [7, 11) is 5.11. The van der Waals surface area contributed by atoms with Crippen molar-refractivity contribution < 1.29 is 13.9 Å². The smallest absolute Gasteiger partial charge is 0.259 e. The molecular formula is C22H30FIN4O2. The topological polar surface area (TPSA) is 66.0 Å². The number of aliphatic imine (C=N–C) groups is 1. The van der Waals surface area contributed by atoms with Crippen LogP contribution in [0.5, 0.6) is 5.75 Å². The fraction of sp³-hybridized carbons (Fsp3) is 0.364. The van der Waals surface area contributed by atoms with E-state index in [1.165, 1.54) is 11.0 Å². The molecule has 2 N–H and O–H groups in total. The summed E-state index contributed by atoms with van der Waals surface area (Å²) in [5.41, 5.74) is 3.06. The Bertz CT molecular complexity index is 859. The monoisotopic (exact) mass is 528 g/mol. The van der Waals surface area contributed by atoms with Crippen LogP contribution < -0.4 is 15.4 Å². The minimum absolute atomic E-state index is 0. The predicted molar refractivity (Wildman–Crippen MR) is 129 cm³/mol. The summed E-state index contributed by atoms with van der Waals surface area (Å²) >= 11 is 0. The Morgan fingerprint density at radius 2 is 1.93 bits per heavy atom. The Morgan fingerprint density at radius 1 is 1.17 bits per heavy atom. The summed E-state index contributed by atoms with van der Waals surface area (Å²) in [6.45, 7) is 3.17. The highest BCUT2D eigenvalue weighted by Crippen LogP contribution is 2.13. The van der Waals surface area contributed by atoms with Crippen molar-refractivity contribution in [2.24, 2.45) is 4.99 Å². The van der Waals surface area contributed by atoms with Crippen molar-refractivity contribution in [1.29, 1.82) is 0 Å². The van der Waals surface area contributed by atoms with Crippen LogP contribution in [0.1, 0.15) is 16.7 Å². The molecule has 0 heterocycles. The predicted octanol–water partition coefficient (Wildman–Crippen LogP) is 3.13. The van der Waals surface area contributed by atoms with Crippen LogP contribution >= 0.6 is 24.0 Å². The first-order valence-corrected chi connectivity index (χ1v) is 9.50. The Hall–Kier alpha value is -2.36. The van der Waals surface area contributed by atoms with E-state index in [9.17, 15) is 9.18 Å². The lowest BCUT2D eigenvalue weighted by Crippen LogP contribution is -2.37. The van der Waals surface area contributed by atoms with Gasteiger partial charge in [0.25, 0.3) is 5.91 Å². The van der Waals surface area contributed by atoms with Gasteiger partial charge in [-0.25, -0.2) is 4.39 Å². The summed E-state index contributed by atoms with van der Waals surface area (Å²) in [4.78, 5) is 17.4. The molecule has 6 nitrogen and oxygen atoms in total. The van der Waals surface area contributed by atoms with Gasteiger partial charge in [-0.3, -0.25) is 9.79 Å². The molecule has 0 atom stereocenters. The lowest BCUT2D eigenvalue weighted by atomic mass is 10.1. The van der Waals surface area contributed by atoms with E-state index in [0.717, 1.165) is 23.1 Å². The van der Waals surface area contributed by atoms with Crippen molar-refractivity contribution in [2.75, 3.05) is 34.3 Å². The van der Waals surface area contributed by atoms with Crippen molar-refractivity contribution in [3.8, 4) is 5.75 Å². The average Bonchev–Trinajstić information content (AvgIpc) is 2.70. The fourth-order valence-corrected chi connectivity index (χ4v) is 2.68. The first kappa shape index (κ1) is 25.7. The number of guanidine groups is 1. The van der Waals surface area contributed by atoms with Crippen LogP contribution in [0, 0.1) is 12.7 Å². The molecule has 0 saturated heterocycles. The third kappa shape index (κ3) is 8.56. The molecule has 0 bridgehead atoms. The number of aryl methyl sites for hydroxylation is 1. The lowest BCUT2D eigenvalue weighted by molar-refractivity contribution is -0.130. The third-order valence-corrected chi connectivity index (χ3v) is 4.43. The molecule has 0 fully saturated rings. The summed E-state index contributed by atoms with van der Waals surface area (Å²) in [5, 5.41) is 6.52. The van der Waals surface area contributed by atoms with Crippen molar-refractivity contribution in [2.45, 2.75) is 19.9 Å². The van der Waals surface area contributed by atoms with Crippen molar-refractivity contribution in [1.82, 2.24) is 15.5 Å². The van der Waals surface area contributed by atoms with E-state index in [2.05, 4.69) is 15.6 Å². The van der Waals surface area contributed by atoms with E-state index in [1.54, 1.807) is 27.2 Å². The van der Waals surface area contributed by atoms with E-state index >= 15 is 0 Å². The molecule has 0 spiro atoms. The average molecular weight is 528 g/mol. The highest BCUT2D eigenvalue weighted by atomic mass is 127. The SMILES string of the molecule is CN=C(NCCc1ccc(F)cc1C)NCc1cccc(OCC(=O)N(C)C)c1.I. The highest BCUT2D eigenvalue weighted by Gasteiger charge is 2.06. The number of hydrogen-bond donors (Lipinski definition) is 2. The Balaban J connectivity index is 0.00000450. The maximum Gasteiger partial charge on any atom is 0.259 e. The van der Waals surface area contributed by atoms with Crippen LogP contribution in [-0.2, 0) is 17.8 Å². The molecule has 0 aliphatic rings. The number of halogens is 2. The lowest BCUT2D eigenvalue weighted by Gasteiger charge is -2.14. The minimum Gasteiger partial charge on any atom is -0.484 e. The normalized spacial score (nSPS) is 10.8. The Kier molecular flexibility index (Phi) is 11.2. The molecule has 30 heavy (non-hydrogen) atoms. The number of amides is 1. The molecule has 0 unspecified atom stereocenters. The number of rotatable bonds is 8. The maximum atomic E-state index is 13.2. The number of benzene rings is 2. The second-order valence-electron chi connectivity index (χ2n) is 6.90. The molecule has 2 aromatic carbocycles. The molecular weight excluding hydrogens is 498 g/mol. The van der Waals surface area contributed by atoms with Gasteiger partial charge >= 0.3 is 0 Å². The summed E-state index contributed by atoms with van der Waals surface area (Å²) in [6.07, 6.45) is 0.774. The van der Waals surface area contributed by atoms with Crippen molar-refractivity contribution in [3.63, 3.8) is 0 Å². The Labute approximate surface area is 194 Å². The zero-order chi connectivity index (χ0) is 21.2. The van der Waals surface area contributed by atoms with E-state index in [1.807, 2.05) is 37.3 Å². The van der Waals surface area contributed by atoms with Gasteiger partial charge in [-0.05, 0) is 54.3 Å². The molecule has 0 radical (unpaired) electrons. The van der Waals surface area contributed by atoms with E-state index < -0.39 is 0 Å². The third-order valence-electron chi connectivity index (χ3n) is 4.43. The molecule has 8 heteroatoms. The number of nitrogens with one attached hydrogen (secondary N) is 2. The summed E-state index contributed by atoms with van der Waals surface area (Å²) in [6, 6.07) is 12.4. The van der Waals surface area contributed by atoms with Crippen LogP contribution in [0.15, 0.2) is 47.5 Å². The molecule has 0 saturated carbocycles. The van der Waals surface area contributed by atoms with Gasteiger partial charge in [-0.15, -0.1) is 24.0 Å². The van der Waals surface area contributed by atoms with Gasteiger partial charge < -0.3 is 20.3 Å². The number of hydrogen-bond acceptors (Lipinski definition) is 3. The summed E-state index contributed by atoms with van der Waals surface area (Å²) < 4.78 is 18.7. The maximum absolute atomic E-state index is 13.2. The van der Waals surface area contributed by atoms with E-state index in [0.29, 0.717) is 24.8 Å². The zero-order valence-corrected chi connectivity index (χ0v) is 20.2. The first-order valence-electron chi connectivity index (χ1n) is 9.50. The van der Waals surface area contributed by atoms with Gasteiger partial charge in [0.15, 0.2) is 12.6 Å². The molecule has 164 valence electrons. The second-order valence-corrected chi connectivity index (χ2v) is 6.90. The van der Waals surface area contributed by atoms with Gasteiger partial charge in [0, 0.05) is 34.2 Å². The van der Waals surface area contributed by atoms with Crippen LogP contribution in [0.4, 0.5) is 4.39 Å². The van der Waals surface area contributed by atoms with Crippen LogP contribution in [0.2, 0.25) is 0 Å². The molecule has 0 aliphatic carbocycles. The van der Waals surface area contributed by atoms with Gasteiger partial charge in [0.05, 0.1) is 0 Å². The number of carbonyl (C=O) groups is 1. The number of nitrogens with zero attached hydrogens (tertiary/aromatic N) is 2. The second kappa shape index (κ2) is 13.0. The Morgan fingerprint density at radius 3 is 2.60 bits per heavy atom. The standard InChI is InChI=1S/C22H29FN4O2.HI/c1-16-12-19(23)9-8-18(16)10-11-25-22(24-2)26-14-17-6-5-7-20(13-17)29-15-21(28)27(3)4;/h5-9,12-13H,10-11,14-15H2,1-4H3,(H2,24,25,26);1H. The minimum atomic E-state index is -0.214. The number of carbonyl (C=O) groups excluding carboxylic acids is 1. The van der Waals surface area contributed by atoms with Gasteiger partial charge in [-0.1, -0.05) is 18.2 Å². The van der Waals surface area contributed by atoms with Crippen LogP contribution in [-0.4, -0.2) is 51.1 Å². The summed E-state index contributed by atoms with van der Waals surface area (Å²) in [5.74, 6) is 1.02. The largest absolute Gasteiger partial charge is 0.484 e. The van der Waals surface area contributed by atoms with E-state index in [4.69, 9.17) is 4.74 Å². The van der Waals surface area contributed by atoms with Crippen molar-refractivity contribution in [3.05, 3.63) is 65.0 Å². The number of likely N-dealkylation sites (N-methyl/N-ethyl adjacent to an activating group) is 1. The molecule has 0 aliphatic heterocycles. The number of ether oxygens (including phenoxy) is 1.